The molecule has 0 saturated carbocycles. The van der Waals surface area contributed by atoms with Crippen LogP contribution < -0.4 is 10.1 Å². The highest BCUT2D eigenvalue weighted by molar-refractivity contribution is 5.89. The number of carbonyl (C=O) groups is 1. The third kappa shape index (κ3) is 4.23. The van der Waals surface area contributed by atoms with E-state index in [1.54, 1.807) is 6.07 Å². The minimum atomic E-state index is -0.104. The number of hydrogen-bond donors (Lipinski definition) is 1. The minimum Gasteiger partial charge on any atom is -0.489 e. The molecule has 0 aliphatic rings. The fourth-order valence-corrected chi connectivity index (χ4v) is 2.39. The molecule has 3 aromatic rings. The van der Waals surface area contributed by atoms with Crippen LogP contribution in [0.2, 0.25) is 0 Å². The van der Waals surface area contributed by atoms with E-state index < -0.39 is 0 Å². The molecule has 24 heavy (non-hydrogen) atoms. The van der Waals surface area contributed by atoms with E-state index in [0.29, 0.717) is 12.3 Å². The van der Waals surface area contributed by atoms with Crippen LogP contribution in [0.25, 0.3) is 11.1 Å². The molecule has 0 unspecified atom stereocenters. The van der Waals surface area contributed by atoms with Crippen molar-refractivity contribution in [1.82, 2.24) is 0 Å². The van der Waals surface area contributed by atoms with E-state index in [0.717, 1.165) is 22.4 Å². The zero-order valence-corrected chi connectivity index (χ0v) is 13.5. The van der Waals surface area contributed by atoms with Crippen LogP contribution >= 0.6 is 0 Å². The van der Waals surface area contributed by atoms with Gasteiger partial charge >= 0.3 is 0 Å². The molecule has 0 bridgehead atoms. The molecular formula is C21H18NO2. The van der Waals surface area contributed by atoms with Crippen LogP contribution in [-0.2, 0) is 11.4 Å². The molecule has 1 radical (unpaired) electrons. The molecule has 0 aliphatic carbocycles. The summed E-state index contributed by atoms with van der Waals surface area (Å²) in [6, 6.07) is 26.7. The van der Waals surface area contributed by atoms with Gasteiger partial charge in [-0.05, 0) is 34.9 Å². The minimum absolute atomic E-state index is 0.104. The summed E-state index contributed by atoms with van der Waals surface area (Å²) in [6.45, 7) is 2.03. The first kappa shape index (κ1) is 15.8. The molecule has 1 N–H and O–H groups in total. The van der Waals surface area contributed by atoms with Crippen LogP contribution in [0.15, 0.2) is 72.8 Å². The van der Waals surface area contributed by atoms with Crippen LogP contribution in [0.3, 0.4) is 0 Å². The Hall–Kier alpha value is -3.07. The lowest BCUT2D eigenvalue weighted by Crippen LogP contribution is -2.05. The molecule has 0 aliphatic heterocycles. The summed E-state index contributed by atoms with van der Waals surface area (Å²) in [5, 5.41) is 2.75. The normalized spacial score (nSPS) is 10.2. The lowest BCUT2D eigenvalue weighted by molar-refractivity contribution is -0.114. The number of carbonyl (C=O) groups excluding carboxylic acids is 1. The van der Waals surface area contributed by atoms with Crippen molar-refractivity contribution in [2.45, 2.75) is 13.5 Å². The predicted molar refractivity (Wildman–Crippen MR) is 95.8 cm³/mol. The Kier molecular flexibility index (Phi) is 4.92. The van der Waals surface area contributed by atoms with E-state index in [4.69, 9.17) is 4.74 Å². The van der Waals surface area contributed by atoms with Crippen molar-refractivity contribution in [2.75, 3.05) is 5.32 Å². The molecule has 119 valence electrons. The van der Waals surface area contributed by atoms with Crippen molar-refractivity contribution in [1.29, 1.82) is 0 Å². The Morgan fingerprint density at radius 2 is 1.75 bits per heavy atom. The fraction of sp³-hybridized carbons (Fsp3) is 0.0952. The van der Waals surface area contributed by atoms with Crippen molar-refractivity contribution < 1.29 is 9.53 Å². The van der Waals surface area contributed by atoms with E-state index in [-0.39, 0.29) is 5.91 Å². The van der Waals surface area contributed by atoms with E-state index >= 15 is 0 Å². The Labute approximate surface area is 141 Å². The summed E-state index contributed by atoms with van der Waals surface area (Å²) in [5.41, 5.74) is 3.89. The number of rotatable bonds is 5. The van der Waals surface area contributed by atoms with Crippen LogP contribution in [0.4, 0.5) is 5.69 Å². The Morgan fingerprint density at radius 1 is 1.00 bits per heavy atom. The van der Waals surface area contributed by atoms with Gasteiger partial charge in [-0.2, -0.15) is 0 Å². The highest BCUT2D eigenvalue weighted by Gasteiger charge is 2.02. The van der Waals surface area contributed by atoms with Gasteiger partial charge in [-0.1, -0.05) is 54.6 Å². The lowest BCUT2D eigenvalue weighted by atomic mass is 10.0. The standard InChI is InChI=1S/C21H18NO2/c1-16(23)22-20-9-5-8-19(14-20)18-10-12-21(13-11-18)24-15-17-6-3-2-4-7-17/h2-8,10-14H,15H2,1H3,(H,22,23). The number of hydrogen-bond acceptors (Lipinski definition) is 2. The molecular weight excluding hydrogens is 298 g/mol. The molecule has 0 fully saturated rings. The smallest absolute Gasteiger partial charge is 0.221 e. The Balaban J connectivity index is 1.69. The molecule has 0 heterocycles. The van der Waals surface area contributed by atoms with Gasteiger partial charge in [-0.3, -0.25) is 4.79 Å². The third-order valence-corrected chi connectivity index (χ3v) is 3.55. The van der Waals surface area contributed by atoms with Crippen molar-refractivity contribution >= 4 is 11.6 Å². The second kappa shape index (κ2) is 7.47. The highest BCUT2D eigenvalue weighted by Crippen LogP contribution is 2.25. The van der Waals surface area contributed by atoms with E-state index in [9.17, 15) is 4.79 Å². The maximum atomic E-state index is 11.1. The molecule has 3 rings (SSSR count). The summed E-state index contributed by atoms with van der Waals surface area (Å²) in [7, 11) is 0. The fourth-order valence-electron chi connectivity index (χ4n) is 2.39. The second-order valence-corrected chi connectivity index (χ2v) is 5.47. The highest BCUT2D eigenvalue weighted by atomic mass is 16.5. The van der Waals surface area contributed by atoms with Gasteiger partial charge < -0.3 is 10.1 Å². The van der Waals surface area contributed by atoms with Gasteiger partial charge in [0.05, 0.1) is 0 Å². The van der Waals surface area contributed by atoms with E-state index in [2.05, 4.69) is 11.4 Å². The maximum Gasteiger partial charge on any atom is 0.221 e. The SMILES string of the molecule is CC(=O)Nc1[c]ccc(-c2ccc(OCc3ccccc3)cc2)c1. The molecule has 0 atom stereocenters. The molecule has 0 spiro atoms. The molecule has 0 aromatic heterocycles. The largest absolute Gasteiger partial charge is 0.489 e. The zero-order valence-electron chi connectivity index (χ0n) is 13.5. The first-order valence-electron chi connectivity index (χ1n) is 7.77. The van der Waals surface area contributed by atoms with Crippen LogP contribution in [0.1, 0.15) is 12.5 Å². The van der Waals surface area contributed by atoms with Gasteiger partial charge in [0, 0.05) is 18.7 Å². The van der Waals surface area contributed by atoms with Crippen molar-refractivity contribution in [3.05, 3.63) is 84.4 Å². The number of anilines is 1. The molecule has 3 nitrogen and oxygen atoms in total. The number of amides is 1. The zero-order chi connectivity index (χ0) is 16.8. The monoisotopic (exact) mass is 316 g/mol. The van der Waals surface area contributed by atoms with E-state index in [1.807, 2.05) is 66.7 Å². The molecule has 3 aromatic carbocycles. The van der Waals surface area contributed by atoms with Gasteiger partial charge in [0.15, 0.2) is 0 Å². The molecule has 3 heteroatoms. The van der Waals surface area contributed by atoms with Gasteiger partial charge in [0.2, 0.25) is 5.91 Å². The van der Waals surface area contributed by atoms with Crippen LogP contribution in [-0.4, -0.2) is 5.91 Å². The molecule has 1 amide bonds. The molecule has 0 saturated heterocycles. The first-order chi connectivity index (χ1) is 11.7. The van der Waals surface area contributed by atoms with Gasteiger partial charge in [-0.25, -0.2) is 0 Å². The van der Waals surface area contributed by atoms with Gasteiger partial charge in [-0.15, -0.1) is 0 Å². The van der Waals surface area contributed by atoms with Crippen molar-refractivity contribution in [2.24, 2.45) is 0 Å². The van der Waals surface area contributed by atoms with Gasteiger partial charge in [0.25, 0.3) is 0 Å². The number of benzene rings is 3. The van der Waals surface area contributed by atoms with Crippen molar-refractivity contribution in [3.8, 4) is 16.9 Å². The first-order valence-corrected chi connectivity index (χ1v) is 7.77. The second-order valence-electron chi connectivity index (χ2n) is 5.47. The average molecular weight is 316 g/mol. The number of ether oxygens (including phenoxy) is 1. The van der Waals surface area contributed by atoms with E-state index in [1.165, 1.54) is 6.92 Å². The Morgan fingerprint density at radius 3 is 2.46 bits per heavy atom. The van der Waals surface area contributed by atoms with Crippen LogP contribution in [0, 0.1) is 6.07 Å². The summed E-state index contributed by atoms with van der Waals surface area (Å²) in [5.74, 6) is 0.722. The summed E-state index contributed by atoms with van der Waals surface area (Å²) < 4.78 is 5.80. The Bertz CT molecular complexity index is 811. The quantitative estimate of drug-likeness (QED) is 0.741. The number of nitrogens with one attached hydrogen (secondary N) is 1. The lowest BCUT2D eigenvalue weighted by Gasteiger charge is -2.09. The van der Waals surface area contributed by atoms with Crippen molar-refractivity contribution in [3.63, 3.8) is 0 Å². The predicted octanol–water partition coefficient (Wildman–Crippen LogP) is 4.69. The maximum absolute atomic E-state index is 11.1. The third-order valence-electron chi connectivity index (χ3n) is 3.55. The van der Waals surface area contributed by atoms with Crippen LogP contribution in [0.5, 0.6) is 5.75 Å². The average Bonchev–Trinajstić information content (AvgIpc) is 2.61. The summed E-state index contributed by atoms with van der Waals surface area (Å²) in [4.78, 5) is 11.1. The van der Waals surface area contributed by atoms with Gasteiger partial charge in [0.1, 0.15) is 12.4 Å². The summed E-state index contributed by atoms with van der Waals surface area (Å²) in [6.07, 6.45) is 0. The summed E-state index contributed by atoms with van der Waals surface area (Å²) >= 11 is 0. The topological polar surface area (TPSA) is 38.3 Å².